The van der Waals surface area contributed by atoms with Crippen LogP contribution in [0.2, 0.25) is 0 Å². The molecule has 0 radical (unpaired) electrons. The van der Waals surface area contributed by atoms with E-state index in [0.717, 1.165) is 25.9 Å². The molecule has 0 saturated carbocycles. The Morgan fingerprint density at radius 3 is 2.16 bits per heavy atom. The number of ketones is 1. The van der Waals surface area contributed by atoms with Gasteiger partial charge in [-0.05, 0) is 62.2 Å². The molecule has 3 rings (SSSR count). The van der Waals surface area contributed by atoms with E-state index in [0.29, 0.717) is 22.4 Å². The number of carbonyl (C=O) groups is 3. The Morgan fingerprint density at radius 1 is 0.880 bits per heavy atom. The van der Waals surface area contributed by atoms with Crippen molar-refractivity contribution in [2.75, 3.05) is 18.4 Å². The van der Waals surface area contributed by atoms with Gasteiger partial charge in [-0.1, -0.05) is 6.07 Å². The highest BCUT2D eigenvalue weighted by Crippen LogP contribution is 2.16. The number of Topliss-reactive ketones (excluding diaryl/α,β-unsaturated/α-hetero) is 1. The molecule has 0 bridgehead atoms. The third-order valence-electron chi connectivity index (χ3n) is 4.31. The van der Waals surface area contributed by atoms with Crippen molar-refractivity contribution in [2.24, 2.45) is 0 Å². The van der Waals surface area contributed by atoms with Crippen molar-refractivity contribution >= 4 is 23.3 Å². The summed E-state index contributed by atoms with van der Waals surface area (Å²) in [7, 11) is 0. The fourth-order valence-corrected chi connectivity index (χ4v) is 2.89. The first kappa shape index (κ1) is 16.9. The zero-order chi connectivity index (χ0) is 17.8. The van der Waals surface area contributed by atoms with E-state index < -0.39 is 0 Å². The van der Waals surface area contributed by atoms with Gasteiger partial charge >= 0.3 is 0 Å². The van der Waals surface area contributed by atoms with Gasteiger partial charge in [0.2, 0.25) is 0 Å². The highest BCUT2D eigenvalue weighted by Gasteiger charge is 2.20. The number of hydrogen-bond acceptors (Lipinski definition) is 3. The Hall–Kier alpha value is -2.95. The minimum absolute atomic E-state index is 0.0222. The van der Waals surface area contributed by atoms with Gasteiger partial charge in [0, 0.05) is 35.5 Å². The zero-order valence-electron chi connectivity index (χ0n) is 14.1. The summed E-state index contributed by atoms with van der Waals surface area (Å²) >= 11 is 0. The van der Waals surface area contributed by atoms with Crippen LogP contribution in [0.3, 0.4) is 0 Å². The lowest BCUT2D eigenvalue weighted by molar-refractivity contribution is 0.0792. The quantitative estimate of drug-likeness (QED) is 0.871. The number of amides is 2. The normalized spacial score (nSPS) is 13.6. The fourth-order valence-electron chi connectivity index (χ4n) is 2.89. The first-order chi connectivity index (χ1) is 12.0. The highest BCUT2D eigenvalue weighted by atomic mass is 16.2. The second-order valence-corrected chi connectivity index (χ2v) is 6.17. The van der Waals surface area contributed by atoms with Crippen molar-refractivity contribution in [3.8, 4) is 0 Å². The van der Waals surface area contributed by atoms with Crippen molar-refractivity contribution in [3.05, 3.63) is 65.2 Å². The summed E-state index contributed by atoms with van der Waals surface area (Å²) < 4.78 is 0. The number of hydrogen-bond donors (Lipinski definition) is 1. The fraction of sp³-hybridized carbons (Fsp3) is 0.250. The summed E-state index contributed by atoms with van der Waals surface area (Å²) in [5.74, 6) is -0.337. The van der Waals surface area contributed by atoms with Crippen LogP contribution in [0, 0.1) is 0 Å². The summed E-state index contributed by atoms with van der Waals surface area (Å²) in [6.45, 7) is 3.05. The van der Waals surface area contributed by atoms with Crippen molar-refractivity contribution in [1.82, 2.24) is 4.90 Å². The average Bonchev–Trinajstić information content (AvgIpc) is 3.16. The lowest BCUT2D eigenvalue weighted by Crippen LogP contribution is -2.27. The number of nitrogens with zero attached hydrogens (tertiary/aromatic N) is 1. The molecule has 2 aromatic rings. The molecule has 5 heteroatoms. The second kappa shape index (κ2) is 7.30. The van der Waals surface area contributed by atoms with E-state index in [1.165, 1.54) is 6.92 Å². The molecule has 1 N–H and O–H groups in total. The summed E-state index contributed by atoms with van der Waals surface area (Å²) in [4.78, 5) is 38.0. The first-order valence-electron chi connectivity index (χ1n) is 8.36. The Morgan fingerprint density at radius 2 is 1.52 bits per heavy atom. The molecule has 128 valence electrons. The maximum atomic E-state index is 12.4. The van der Waals surface area contributed by atoms with Crippen LogP contribution in [0.1, 0.15) is 50.8 Å². The van der Waals surface area contributed by atoms with Crippen LogP contribution in [0.15, 0.2) is 48.5 Å². The average molecular weight is 336 g/mol. The molecule has 0 spiro atoms. The molecule has 0 aliphatic carbocycles. The molecule has 5 nitrogen and oxygen atoms in total. The van der Waals surface area contributed by atoms with E-state index in [1.54, 1.807) is 48.5 Å². The smallest absolute Gasteiger partial charge is 0.255 e. The molecule has 1 aliphatic rings. The Kier molecular flexibility index (Phi) is 4.93. The van der Waals surface area contributed by atoms with Crippen LogP contribution in [0.4, 0.5) is 5.69 Å². The Bertz CT molecular complexity index is 806. The molecule has 2 amide bonds. The molecule has 0 unspecified atom stereocenters. The van der Waals surface area contributed by atoms with Crippen LogP contribution in [-0.4, -0.2) is 35.6 Å². The molecule has 0 aromatic heterocycles. The topological polar surface area (TPSA) is 66.5 Å². The van der Waals surface area contributed by atoms with Gasteiger partial charge in [-0.3, -0.25) is 14.4 Å². The molecule has 1 aliphatic heterocycles. The van der Waals surface area contributed by atoms with Gasteiger partial charge in [0.15, 0.2) is 5.78 Å². The van der Waals surface area contributed by atoms with Crippen LogP contribution in [-0.2, 0) is 0 Å². The van der Waals surface area contributed by atoms with E-state index >= 15 is 0 Å². The first-order valence-corrected chi connectivity index (χ1v) is 8.36. The van der Waals surface area contributed by atoms with Gasteiger partial charge in [0.1, 0.15) is 0 Å². The zero-order valence-corrected chi connectivity index (χ0v) is 14.1. The van der Waals surface area contributed by atoms with Gasteiger partial charge in [-0.25, -0.2) is 0 Å². The molecule has 1 saturated heterocycles. The Balaban J connectivity index is 1.72. The van der Waals surface area contributed by atoms with Crippen LogP contribution in [0.5, 0.6) is 0 Å². The standard InChI is InChI=1S/C20H20N2O3/c1-14(23)15-7-9-18(10-8-15)21-19(24)16-5-4-6-17(13-16)20(25)22-11-2-3-12-22/h4-10,13H,2-3,11-12H2,1H3,(H,21,24). The predicted molar refractivity (Wildman–Crippen MR) is 96.0 cm³/mol. The number of likely N-dealkylation sites (tertiary alicyclic amines) is 1. The number of carbonyl (C=O) groups excluding carboxylic acids is 3. The molecule has 25 heavy (non-hydrogen) atoms. The summed E-state index contributed by atoms with van der Waals surface area (Å²) in [6.07, 6.45) is 2.06. The molecular formula is C20H20N2O3. The highest BCUT2D eigenvalue weighted by molar-refractivity contribution is 6.06. The van der Waals surface area contributed by atoms with E-state index in [1.807, 2.05) is 4.90 Å². The van der Waals surface area contributed by atoms with Gasteiger partial charge < -0.3 is 10.2 Å². The van der Waals surface area contributed by atoms with Crippen LogP contribution >= 0.6 is 0 Å². The molecule has 1 heterocycles. The Labute approximate surface area is 146 Å². The van der Waals surface area contributed by atoms with Crippen molar-refractivity contribution in [1.29, 1.82) is 0 Å². The maximum absolute atomic E-state index is 12.4. The maximum Gasteiger partial charge on any atom is 0.255 e. The lowest BCUT2D eigenvalue weighted by Gasteiger charge is -2.15. The van der Waals surface area contributed by atoms with Crippen molar-refractivity contribution in [3.63, 3.8) is 0 Å². The van der Waals surface area contributed by atoms with E-state index in [-0.39, 0.29) is 17.6 Å². The van der Waals surface area contributed by atoms with Crippen LogP contribution < -0.4 is 5.32 Å². The number of rotatable bonds is 4. The van der Waals surface area contributed by atoms with Gasteiger partial charge in [0.25, 0.3) is 11.8 Å². The van der Waals surface area contributed by atoms with Crippen molar-refractivity contribution in [2.45, 2.75) is 19.8 Å². The number of benzene rings is 2. The van der Waals surface area contributed by atoms with E-state index in [4.69, 9.17) is 0 Å². The van der Waals surface area contributed by atoms with Crippen molar-refractivity contribution < 1.29 is 14.4 Å². The van der Waals surface area contributed by atoms with Gasteiger partial charge in [-0.2, -0.15) is 0 Å². The molecule has 0 atom stereocenters. The monoisotopic (exact) mass is 336 g/mol. The molecular weight excluding hydrogens is 316 g/mol. The summed E-state index contributed by atoms with van der Waals surface area (Å²) in [5, 5.41) is 2.78. The summed E-state index contributed by atoms with van der Waals surface area (Å²) in [5.41, 5.74) is 2.16. The predicted octanol–water partition coefficient (Wildman–Crippen LogP) is 3.38. The molecule has 1 fully saturated rings. The second-order valence-electron chi connectivity index (χ2n) is 6.17. The minimum atomic E-state index is -0.286. The van der Waals surface area contributed by atoms with Gasteiger partial charge in [-0.15, -0.1) is 0 Å². The van der Waals surface area contributed by atoms with Gasteiger partial charge in [0.05, 0.1) is 0 Å². The molecule has 2 aromatic carbocycles. The van der Waals surface area contributed by atoms with Crippen LogP contribution in [0.25, 0.3) is 0 Å². The number of nitrogens with one attached hydrogen (secondary N) is 1. The minimum Gasteiger partial charge on any atom is -0.339 e. The third-order valence-corrected chi connectivity index (χ3v) is 4.31. The van der Waals surface area contributed by atoms with E-state index in [2.05, 4.69) is 5.32 Å². The van der Waals surface area contributed by atoms with E-state index in [9.17, 15) is 14.4 Å². The lowest BCUT2D eigenvalue weighted by atomic mass is 10.1. The SMILES string of the molecule is CC(=O)c1ccc(NC(=O)c2cccc(C(=O)N3CCCC3)c2)cc1. The largest absolute Gasteiger partial charge is 0.339 e. The summed E-state index contributed by atoms with van der Waals surface area (Å²) in [6, 6.07) is 13.5. The third kappa shape index (κ3) is 3.94. The number of anilines is 1.